The first-order chi connectivity index (χ1) is 8.01. The maximum absolute atomic E-state index is 12.2. The molecule has 0 radical (unpaired) electrons. The number of alkyl halides is 1. The molecular weight excluding hydrogens is 282 g/mol. The molecule has 1 N–H and O–H groups in total. The molecule has 17 heavy (non-hydrogen) atoms. The number of hydrogen-bond acceptors (Lipinski definition) is 2. The van der Waals surface area contributed by atoms with E-state index in [1.807, 2.05) is 0 Å². The van der Waals surface area contributed by atoms with E-state index in [0.717, 1.165) is 24.6 Å². The van der Waals surface area contributed by atoms with Gasteiger partial charge in [-0.15, -0.1) is 0 Å². The van der Waals surface area contributed by atoms with Crippen LogP contribution in [0.5, 0.6) is 0 Å². The zero-order valence-electron chi connectivity index (χ0n) is 11.1. The average Bonchev–Trinajstić information content (AvgIpc) is 2.58. The lowest BCUT2D eigenvalue weighted by molar-refractivity contribution is -0.128. The Kier molecular flexibility index (Phi) is 5.93. The first-order valence-electron chi connectivity index (χ1n) is 6.36. The summed E-state index contributed by atoms with van der Waals surface area (Å²) in [6.45, 7) is 4.98. The van der Waals surface area contributed by atoms with Crippen LogP contribution in [0.25, 0.3) is 0 Å². The van der Waals surface area contributed by atoms with Gasteiger partial charge >= 0.3 is 0 Å². The molecule has 0 spiro atoms. The van der Waals surface area contributed by atoms with Gasteiger partial charge in [0.1, 0.15) is 0 Å². The molecular formula is C13H24BrNO2. The highest BCUT2D eigenvalue weighted by Crippen LogP contribution is 2.42. The first-order valence-corrected chi connectivity index (χ1v) is 7.48. The Balaban J connectivity index is 2.51. The van der Waals surface area contributed by atoms with E-state index in [2.05, 4.69) is 35.1 Å². The van der Waals surface area contributed by atoms with Crippen LogP contribution in [0.15, 0.2) is 0 Å². The van der Waals surface area contributed by atoms with Crippen LogP contribution in [0.3, 0.4) is 0 Å². The summed E-state index contributed by atoms with van der Waals surface area (Å²) in [6, 6.07) is 0.128. The van der Waals surface area contributed by atoms with Gasteiger partial charge in [0, 0.05) is 18.4 Å². The Hall–Kier alpha value is -0.0900. The van der Waals surface area contributed by atoms with Gasteiger partial charge in [-0.05, 0) is 24.7 Å². The molecule has 1 saturated carbocycles. The van der Waals surface area contributed by atoms with Crippen molar-refractivity contribution in [2.24, 2.45) is 11.3 Å². The summed E-state index contributed by atoms with van der Waals surface area (Å²) < 4.78 is 5.14. The second-order valence-corrected chi connectivity index (χ2v) is 6.36. The summed E-state index contributed by atoms with van der Waals surface area (Å²) in [7, 11) is 1.67. The van der Waals surface area contributed by atoms with Crippen molar-refractivity contribution < 1.29 is 9.53 Å². The van der Waals surface area contributed by atoms with E-state index in [0.29, 0.717) is 6.61 Å². The van der Waals surface area contributed by atoms with Crippen molar-refractivity contribution in [2.75, 3.05) is 19.0 Å². The molecule has 0 aromatic heterocycles. The number of rotatable bonds is 6. The fourth-order valence-electron chi connectivity index (χ4n) is 2.64. The van der Waals surface area contributed by atoms with E-state index < -0.39 is 0 Å². The molecule has 0 saturated heterocycles. The van der Waals surface area contributed by atoms with E-state index in [1.54, 1.807) is 7.11 Å². The van der Waals surface area contributed by atoms with E-state index in [1.165, 1.54) is 6.42 Å². The van der Waals surface area contributed by atoms with Crippen molar-refractivity contribution in [1.82, 2.24) is 5.32 Å². The summed E-state index contributed by atoms with van der Waals surface area (Å²) in [5.74, 6) is 0.368. The van der Waals surface area contributed by atoms with Gasteiger partial charge in [-0.2, -0.15) is 0 Å². The van der Waals surface area contributed by atoms with Crippen molar-refractivity contribution >= 4 is 21.8 Å². The van der Waals surface area contributed by atoms with Gasteiger partial charge in [0.2, 0.25) is 5.91 Å². The Bertz CT molecular complexity index is 250. The number of methoxy groups -OCH3 is 1. The second kappa shape index (κ2) is 6.74. The third-order valence-corrected chi connectivity index (χ3v) is 4.20. The van der Waals surface area contributed by atoms with Crippen LogP contribution in [-0.4, -0.2) is 31.0 Å². The predicted octanol–water partition coefficient (Wildman–Crippen LogP) is 2.73. The topological polar surface area (TPSA) is 38.3 Å². The summed E-state index contributed by atoms with van der Waals surface area (Å²) in [6.07, 6.45) is 4.25. The first kappa shape index (κ1) is 15.0. The summed E-state index contributed by atoms with van der Waals surface area (Å²) in [4.78, 5) is 12.2. The quantitative estimate of drug-likeness (QED) is 0.766. The van der Waals surface area contributed by atoms with Crippen LogP contribution in [0, 0.1) is 11.3 Å². The highest BCUT2D eigenvalue weighted by molar-refractivity contribution is 9.09. The zero-order valence-corrected chi connectivity index (χ0v) is 12.7. The maximum atomic E-state index is 12.2. The van der Waals surface area contributed by atoms with Crippen LogP contribution in [0.1, 0.15) is 39.5 Å². The summed E-state index contributed by atoms with van der Waals surface area (Å²) in [5, 5.41) is 4.01. The minimum Gasteiger partial charge on any atom is -0.383 e. The molecule has 2 unspecified atom stereocenters. The van der Waals surface area contributed by atoms with E-state index in [-0.39, 0.29) is 23.3 Å². The lowest BCUT2D eigenvalue weighted by Crippen LogP contribution is -2.44. The largest absolute Gasteiger partial charge is 0.383 e. The van der Waals surface area contributed by atoms with Crippen molar-refractivity contribution in [3.05, 3.63) is 0 Å². The molecule has 1 amide bonds. The monoisotopic (exact) mass is 305 g/mol. The van der Waals surface area contributed by atoms with Crippen LogP contribution in [-0.2, 0) is 9.53 Å². The fourth-order valence-corrected chi connectivity index (χ4v) is 3.20. The molecule has 100 valence electrons. The summed E-state index contributed by atoms with van der Waals surface area (Å²) >= 11 is 3.41. The third kappa shape index (κ3) is 4.25. The average molecular weight is 306 g/mol. The molecule has 0 aromatic rings. The van der Waals surface area contributed by atoms with Crippen LogP contribution >= 0.6 is 15.9 Å². The number of nitrogens with one attached hydrogen (secondary N) is 1. The molecule has 1 aliphatic carbocycles. The van der Waals surface area contributed by atoms with E-state index >= 15 is 0 Å². The van der Waals surface area contributed by atoms with Gasteiger partial charge < -0.3 is 10.1 Å². The third-order valence-electron chi connectivity index (χ3n) is 3.75. The van der Waals surface area contributed by atoms with Crippen LogP contribution in [0.2, 0.25) is 0 Å². The maximum Gasteiger partial charge on any atom is 0.223 e. The lowest BCUT2D eigenvalue weighted by atomic mass is 9.81. The molecule has 3 nitrogen and oxygen atoms in total. The molecule has 1 aliphatic rings. The number of amides is 1. The Labute approximate surface area is 113 Å². The molecule has 0 bridgehead atoms. The van der Waals surface area contributed by atoms with Crippen molar-refractivity contribution in [2.45, 2.75) is 45.6 Å². The van der Waals surface area contributed by atoms with Crippen molar-refractivity contribution in [3.8, 4) is 0 Å². The highest BCUT2D eigenvalue weighted by atomic mass is 79.9. The molecule has 1 rings (SSSR count). The van der Waals surface area contributed by atoms with Gasteiger partial charge in [0.05, 0.1) is 12.6 Å². The zero-order chi connectivity index (χ0) is 12.9. The number of hydrogen-bond donors (Lipinski definition) is 1. The van der Waals surface area contributed by atoms with Gasteiger partial charge in [0.15, 0.2) is 0 Å². The van der Waals surface area contributed by atoms with Crippen molar-refractivity contribution in [1.29, 1.82) is 0 Å². The minimum absolute atomic E-state index is 0.128. The smallest absolute Gasteiger partial charge is 0.223 e. The van der Waals surface area contributed by atoms with Crippen molar-refractivity contribution in [3.63, 3.8) is 0 Å². The molecule has 4 heteroatoms. The molecule has 2 atom stereocenters. The van der Waals surface area contributed by atoms with Crippen LogP contribution < -0.4 is 5.32 Å². The number of carbonyl (C=O) groups is 1. The molecule has 0 heterocycles. The minimum atomic E-state index is 0.128. The van der Waals surface area contributed by atoms with Crippen LogP contribution in [0.4, 0.5) is 0 Å². The van der Waals surface area contributed by atoms with Gasteiger partial charge in [-0.3, -0.25) is 4.79 Å². The molecule has 1 fully saturated rings. The normalized spacial score (nSPS) is 24.6. The molecule has 0 aliphatic heterocycles. The van der Waals surface area contributed by atoms with E-state index in [4.69, 9.17) is 4.74 Å². The SMILES string of the molecule is COCC(CCBr)NC(=O)C1CCCC1(C)C. The predicted molar refractivity (Wildman–Crippen MR) is 73.3 cm³/mol. The second-order valence-electron chi connectivity index (χ2n) is 5.57. The number of ether oxygens (including phenoxy) is 1. The fraction of sp³-hybridized carbons (Fsp3) is 0.923. The lowest BCUT2D eigenvalue weighted by Gasteiger charge is -2.28. The Morgan fingerprint density at radius 2 is 2.29 bits per heavy atom. The number of halogens is 1. The summed E-state index contributed by atoms with van der Waals surface area (Å²) in [5.41, 5.74) is 0.149. The highest BCUT2D eigenvalue weighted by Gasteiger charge is 2.39. The van der Waals surface area contributed by atoms with Gasteiger partial charge in [0.25, 0.3) is 0 Å². The van der Waals surface area contributed by atoms with E-state index in [9.17, 15) is 4.79 Å². The van der Waals surface area contributed by atoms with Gasteiger partial charge in [-0.25, -0.2) is 0 Å². The Morgan fingerprint density at radius 1 is 1.59 bits per heavy atom. The molecule has 0 aromatic carbocycles. The standard InChI is InChI=1S/C13H24BrNO2/c1-13(2)7-4-5-11(13)12(16)15-10(6-8-14)9-17-3/h10-11H,4-9H2,1-3H3,(H,15,16). The Morgan fingerprint density at radius 3 is 2.76 bits per heavy atom. The number of carbonyl (C=O) groups excluding carboxylic acids is 1. The van der Waals surface area contributed by atoms with Gasteiger partial charge in [-0.1, -0.05) is 36.2 Å².